The number of aromatic nitrogens is 2. The van der Waals surface area contributed by atoms with E-state index >= 15 is 0 Å². The topological polar surface area (TPSA) is 25.8 Å². The number of pyridine rings is 2. The summed E-state index contributed by atoms with van der Waals surface area (Å²) in [7, 11) is 0. The fraction of sp³-hybridized carbons (Fsp3) is 0.0526. The van der Waals surface area contributed by atoms with Crippen LogP contribution in [0.15, 0.2) is 134 Å². The SMILES string of the molecule is Cc1ccncc1-c1ccc(-c2c3ccccc3c(-c3ccc(-c4cnccc4C)cc3)c3ccccc23)cc1. The second-order valence-corrected chi connectivity index (χ2v) is 10.4. The molecule has 0 spiro atoms. The van der Waals surface area contributed by atoms with Crippen molar-refractivity contribution in [2.45, 2.75) is 13.8 Å². The molecule has 0 aliphatic heterocycles. The summed E-state index contributed by atoms with van der Waals surface area (Å²) in [6.07, 6.45) is 7.59. The highest BCUT2D eigenvalue weighted by Gasteiger charge is 2.17. The molecule has 0 saturated carbocycles. The highest BCUT2D eigenvalue weighted by atomic mass is 14.6. The van der Waals surface area contributed by atoms with Gasteiger partial charge in [-0.25, -0.2) is 0 Å². The lowest BCUT2D eigenvalue weighted by Crippen LogP contribution is -1.91. The van der Waals surface area contributed by atoms with Gasteiger partial charge in [-0.2, -0.15) is 0 Å². The molecular weight excluding hydrogens is 484 g/mol. The van der Waals surface area contributed by atoms with Crippen LogP contribution in [0.4, 0.5) is 0 Å². The molecular formula is C38H28N2. The highest BCUT2D eigenvalue weighted by molar-refractivity contribution is 6.21. The van der Waals surface area contributed by atoms with Crippen molar-refractivity contribution in [2.24, 2.45) is 0 Å². The van der Waals surface area contributed by atoms with E-state index in [9.17, 15) is 0 Å². The Kier molecular flexibility index (Phi) is 5.94. The summed E-state index contributed by atoms with van der Waals surface area (Å²) in [5, 5.41) is 5.03. The molecule has 0 saturated heterocycles. The molecule has 0 N–H and O–H groups in total. The second kappa shape index (κ2) is 9.91. The Balaban J connectivity index is 1.42. The van der Waals surface area contributed by atoms with Crippen LogP contribution in [0, 0.1) is 13.8 Å². The fourth-order valence-corrected chi connectivity index (χ4v) is 5.92. The maximum Gasteiger partial charge on any atom is 0.0349 e. The molecule has 2 heteroatoms. The third-order valence-electron chi connectivity index (χ3n) is 7.98. The van der Waals surface area contributed by atoms with Gasteiger partial charge in [0.15, 0.2) is 0 Å². The first-order valence-electron chi connectivity index (χ1n) is 13.7. The van der Waals surface area contributed by atoms with E-state index in [2.05, 4.69) is 133 Å². The van der Waals surface area contributed by atoms with Gasteiger partial charge in [0, 0.05) is 35.9 Å². The van der Waals surface area contributed by atoms with Crippen molar-refractivity contribution in [3.63, 3.8) is 0 Å². The average Bonchev–Trinajstić information content (AvgIpc) is 3.01. The zero-order valence-corrected chi connectivity index (χ0v) is 22.6. The Morgan fingerprint density at radius 3 is 1.02 bits per heavy atom. The number of aryl methyl sites for hydroxylation is 2. The summed E-state index contributed by atoms with van der Waals surface area (Å²) in [6.45, 7) is 4.27. The van der Waals surface area contributed by atoms with Crippen LogP contribution in [0.2, 0.25) is 0 Å². The van der Waals surface area contributed by atoms with Crippen LogP contribution in [0.3, 0.4) is 0 Å². The van der Waals surface area contributed by atoms with Gasteiger partial charge in [-0.3, -0.25) is 9.97 Å². The standard InChI is InChI=1S/C38H28N2/c1-25-19-21-39-23-35(25)27-11-15-29(16-12-27)37-31-7-3-5-9-33(31)38(34-10-6-4-8-32(34)37)30-17-13-28(14-18-30)36-24-40-22-20-26(36)2/h3-24H,1-2H3. The van der Waals surface area contributed by atoms with Crippen LogP contribution in [0.5, 0.6) is 0 Å². The Bertz CT molecular complexity index is 1800. The normalized spacial score (nSPS) is 11.2. The lowest BCUT2D eigenvalue weighted by Gasteiger charge is -2.18. The molecule has 2 nitrogen and oxygen atoms in total. The molecule has 0 atom stereocenters. The van der Waals surface area contributed by atoms with Crippen molar-refractivity contribution in [3.8, 4) is 44.5 Å². The third kappa shape index (κ3) is 4.06. The predicted molar refractivity (Wildman–Crippen MR) is 168 cm³/mol. The van der Waals surface area contributed by atoms with E-state index in [0.29, 0.717) is 0 Å². The first-order valence-corrected chi connectivity index (χ1v) is 13.7. The largest absolute Gasteiger partial charge is 0.264 e. The molecule has 0 aliphatic carbocycles. The van der Waals surface area contributed by atoms with E-state index in [1.54, 1.807) is 0 Å². The van der Waals surface area contributed by atoms with Crippen LogP contribution in [0.1, 0.15) is 11.1 Å². The predicted octanol–water partition coefficient (Wildman–Crippen LogP) is 10.1. The second-order valence-electron chi connectivity index (χ2n) is 10.4. The maximum atomic E-state index is 4.35. The molecule has 0 fully saturated rings. The van der Waals surface area contributed by atoms with Gasteiger partial charge in [-0.15, -0.1) is 0 Å². The Morgan fingerprint density at radius 2 is 0.700 bits per heavy atom. The van der Waals surface area contributed by atoms with E-state index in [1.807, 2.05) is 24.8 Å². The van der Waals surface area contributed by atoms with Crippen molar-refractivity contribution in [3.05, 3.63) is 145 Å². The van der Waals surface area contributed by atoms with Crippen molar-refractivity contribution >= 4 is 21.5 Å². The fourth-order valence-electron chi connectivity index (χ4n) is 5.92. The minimum atomic E-state index is 1.17. The van der Waals surface area contributed by atoms with E-state index in [0.717, 1.165) is 0 Å². The Morgan fingerprint density at radius 1 is 0.375 bits per heavy atom. The molecule has 7 rings (SSSR count). The monoisotopic (exact) mass is 512 g/mol. The highest BCUT2D eigenvalue weighted by Crippen LogP contribution is 2.44. The van der Waals surface area contributed by atoms with Crippen molar-refractivity contribution in [1.82, 2.24) is 9.97 Å². The molecule has 0 aliphatic rings. The van der Waals surface area contributed by atoms with Crippen LogP contribution in [0.25, 0.3) is 66.1 Å². The zero-order valence-electron chi connectivity index (χ0n) is 22.6. The third-order valence-corrected chi connectivity index (χ3v) is 7.98. The zero-order chi connectivity index (χ0) is 27.1. The van der Waals surface area contributed by atoms with Gasteiger partial charge < -0.3 is 0 Å². The molecule has 40 heavy (non-hydrogen) atoms. The minimum Gasteiger partial charge on any atom is -0.264 e. The van der Waals surface area contributed by atoms with Gasteiger partial charge in [-0.1, -0.05) is 97.1 Å². The smallest absolute Gasteiger partial charge is 0.0349 e. The number of fused-ring (bicyclic) bond motifs is 2. The number of rotatable bonds is 4. The quantitative estimate of drug-likeness (QED) is 0.219. The first kappa shape index (κ1) is 24.0. The molecule has 0 amide bonds. The van der Waals surface area contributed by atoms with Crippen LogP contribution in [-0.4, -0.2) is 9.97 Å². The van der Waals surface area contributed by atoms with Gasteiger partial charge in [0.05, 0.1) is 0 Å². The van der Waals surface area contributed by atoms with E-state index in [4.69, 9.17) is 0 Å². The minimum absolute atomic E-state index is 1.17. The summed E-state index contributed by atoms with van der Waals surface area (Å²) < 4.78 is 0. The van der Waals surface area contributed by atoms with Gasteiger partial charge in [0.25, 0.3) is 0 Å². The molecule has 2 aromatic heterocycles. The summed E-state index contributed by atoms with van der Waals surface area (Å²) in [6, 6.07) is 39.6. The number of hydrogen-bond donors (Lipinski definition) is 0. The van der Waals surface area contributed by atoms with Gasteiger partial charge in [-0.05, 0) is 92.0 Å². The molecule has 7 aromatic rings. The summed E-state index contributed by atoms with van der Waals surface area (Å²) in [4.78, 5) is 8.69. The molecule has 0 radical (unpaired) electrons. The van der Waals surface area contributed by atoms with Crippen LogP contribution < -0.4 is 0 Å². The lowest BCUT2D eigenvalue weighted by atomic mass is 9.85. The van der Waals surface area contributed by atoms with Gasteiger partial charge in [0.1, 0.15) is 0 Å². The summed E-state index contributed by atoms with van der Waals surface area (Å²) >= 11 is 0. The first-order chi connectivity index (χ1) is 19.7. The van der Waals surface area contributed by atoms with Crippen LogP contribution >= 0.6 is 0 Å². The average molecular weight is 513 g/mol. The Labute approximate surface area is 234 Å². The Hall–Kier alpha value is -5.08. The number of hydrogen-bond acceptors (Lipinski definition) is 2. The summed E-state index contributed by atoms with van der Waals surface area (Å²) in [5.74, 6) is 0. The molecule has 5 aromatic carbocycles. The van der Waals surface area contributed by atoms with Gasteiger partial charge in [0.2, 0.25) is 0 Å². The van der Waals surface area contributed by atoms with E-state index in [-0.39, 0.29) is 0 Å². The van der Waals surface area contributed by atoms with Crippen molar-refractivity contribution in [2.75, 3.05) is 0 Å². The van der Waals surface area contributed by atoms with Crippen molar-refractivity contribution < 1.29 is 0 Å². The summed E-state index contributed by atoms with van der Waals surface area (Å²) in [5.41, 5.74) is 12.1. The van der Waals surface area contributed by atoms with Crippen LogP contribution in [-0.2, 0) is 0 Å². The van der Waals surface area contributed by atoms with Gasteiger partial charge >= 0.3 is 0 Å². The number of benzene rings is 5. The lowest BCUT2D eigenvalue weighted by molar-refractivity contribution is 1.29. The molecule has 190 valence electrons. The van der Waals surface area contributed by atoms with E-state index < -0.39 is 0 Å². The van der Waals surface area contributed by atoms with Crippen molar-refractivity contribution in [1.29, 1.82) is 0 Å². The molecule has 0 bridgehead atoms. The maximum absolute atomic E-state index is 4.35. The molecule has 0 unspecified atom stereocenters. The molecule has 2 heterocycles. The number of nitrogens with zero attached hydrogens (tertiary/aromatic N) is 2. The van der Waals surface area contributed by atoms with E-state index in [1.165, 1.54) is 77.2 Å².